The van der Waals surface area contributed by atoms with E-state index in [9.17, 15) is 22.0 Å². The van der Waals surface area contributed by atoms with Crippen molar-refractivity contribution in [1.82, 2.24) is 4.31 Å². The van der Waals surface area contributed by atoms with Crippen molar-refractivity contribution in [3.63, 3.8) is 0 Å². The molecule has 0 heterocycles. The van der Waals surface area contributed by atoms with Gasteiger partial charge in [-0.05, 0) is 29.8 Å². The predicted octanol–water partition coefficient (Wildman–Crippen LogP) is 3.75. The molecule has 0 spiro atoms. The molecule has 28 heavy (non-hydrogen) atoms. The molecule has 0 saturated carbocycles. The van der Waals surface area contributed by atoms with E-state index in [0.29, 0.717) is 18.7 Å². The lowest BCUT2D eigenvalue weighted by atomic mass is 10.2. The van der Waals surface area contributed by atoms with E-state index < -0.39 is 34.2 Å². The van der Waals surface area contributed by atoms with Crippen LogP contribution in [0.2, 0.25) is 0 Å². The van der Waals surface area contributed by atoms with E-state index in [-0.39, 0.29) is 10.5 Å². The summed E-state index contributed by atoms with van der Waals surface area (Å²) >= 11 is 0. The maximum absolute atomic E-state index is 13.5. The Bertz CT molecular complexity index is 953. The van der Waals surface area contributed by atoms with E-state index in [4.69, 9.17) is 4.74 Å². The van der Waals surface area contributed by atoms with Gasteiger partial charge in [0.1, 0.15) is 6.61 Å². The Kier molecular flexibility index (Phi) is 7.42. The van der Waals surface area contributed by atoms with Gasteiger partial charge in [-0.15, -0.1) is 0 Å². The van der Waals surface area contributed by atoms with Crippen molar-refractivity contribution in [2.45, 2.75) is 25.3 Å². The fraction of sp³-hybridized carbons (Fsp3) is 0.250. The molecule has 0 aliphatic carbocycles. The molecule has 0 aliphatic heterocycles. The summed E-state index contributed by atoms with van der Waals surface area (Å²) in [6, 6.07) is 9.67. The number of benzene rings is 2. The molecule has 0 atom stereocenters. The molecule has 8 heteroatoms. The molecule has 0 N–H and O–H groups in total. The number of ether oxygens (including phenoxy) is 1. The fourth-order valence-electron chi connectivity index (χ4n) is 2.48. The van der Waals surface area contributed by atoms with Crippen LogP contribution in [0.5, 0.6) is 0 Å². The van der Waals surface area contributed by atoms with E-state index in [1.165, 1.54) is 34.6 Å². The van der Waals surface area contributed by atoms with Crippen LogP contribution < -0.4 is 0 Å². The number of hydrogen-bond donors (Lipinski definition) is 0. The van der Waals surface area contributed by atoms with Gasteiger partial charge < -0.3 is 4.74 Å². The number of nitrogens with zero attached hydrogens (tertiary/aromatic N) is 1. The Labute approximate surface area is 163 Å². The highest BCUT2D eigenvalue weighted by atomic mass is 32.2. The Hall–Kier alpha value is -2.58. The van der Waals surface area contributed by atoms with Gasteiger partial charge in [-0.1, -0.05) is 38.1 Å². The third-order valence-electron chi connectivity index (χ3n) is 4.04. The smallest absolute Gasteiger partial charge is 0.331 e. The highest BCUT2D eigenvalue weighted by Crippen LogP contribution is 2.17. The summed E-state index contributed by atoms with van der Waals surface area (Å²) in [4.78, 5) is 11.9. The molecule has 2 aromatic carbocycles. The normalized spacial score (nSPS) is 11.9. The van der Waals surface area contributed by atoms with Gasteiger partial charge in [0, 0.05) is 24.7 Å². The van der Waals surface area contributed by atoms with Crippen LogP contribution in [0.15, 0.2) is 53.4 Å². The van der Waals surface area contributed by atoms with Crippen molar-refractivity contribution in [1.29, 1.82) is 0 Å². The van der Waals surface area contributed by atoms with E-state index in [1.807, 2.05) is 0 Å². The van der Waals surface area contributed by atoms with Crippen LogP contribution in [-0.2, 0) is 26.2 Å². The minimum atomic E-state index is -3.54. The minimum absolute atomic E-state index is 0.0623. The van der Waals surface area contributed by atoms with Gasteiger partial charge >= 0.3 is 5.97 Å². The number of sulfonamides is 1. The molecule has 0 unspecified atom stereocenters. The summed E-state index contributed by atoms with van der Waals surface area (Å²) in [5, 5.41) is 0. The van der Waals surface area contributed by atoms with Gasteiger partial charge in [0.2, 0.25) is 10.0 Å². The monoisotopic (exact) mass is 409 g/mol. The minimum Gasteiger partial charge on any atom is -0.458 e. The Morgan fingerprint density at radius 3 is 2.32 bits per heavy atom. The summed E-state index contributed by atoms with van der Waals surface area (Å²) in [6.07, 6.45) is 2.57. The summed E-state index contributed by atoms with van der Waals surface area (Å²) in [7, 11) is -3.54. The largest absolute Gasteiger partial charge is 0.458 e. The third kappa shape index (κ3) is 5.24. The maximum Gasteiger partial charge on any atom is 0.331 e. The molecule has 2 rings (SSSR count). The number of rotatable bonds is 8. The zero-order chi connectivity index (χ0) is 20.7. The van der Waals surface area contributed by atoms with E-state index in [1.54, 1.807) is 26.0 Å². The third-order valence-corrected chi connectivity index (χ3v) is 6.10. The fourth-order valence-corrected chi connectivity index (χ4v) is 3.94. The van der Waals surface area contributed by atoms with Gasteiger partial charge in [0.15, 0.2) is 11.6 Å². The highest BCUT2D eigenvalue weighted by Gasteiger charge is 2.20. The lowest BCUT2D eigenvalue weighted by Crippen LogP contribution is -2.30. The first kappa shape index (κ1) is 21.7. The molecule has 2 aromatic rings. The standard InChI is InChI=1S/C20H21F2NO4S/c1-3-23(4-2)28(25,26)17-11-8-15(9-12-17)10-13-19(24)27-14-16-6-5-7-18(21)20(16)22/h5-13H,3-4,14H2,1-2H3/b13-10+. The lowest BCUT2D eigenvalue weighted by molar-refractivity contribution is -0.139. The quantitative estimate of drug-likeness (QED) is 0.492. The molecule has 0 amide bonds. The number of hydrogen-bond acceptors (Lipinski definition) is 4. The molecule has 5 nitrogen and oxygen atoms in total. The van der Waals surface area contributed by atoms with E-state index >= 15 is 0 Å². The lowest BCUT2D eigenvalue weighted by Gasteiger charge is -2.18. The topological polar surface area (TPSA) is 63.7 Å². The van der Waals surface area contributed by atoms with Crippen LogP contribution in [0, 0.1) is 11.6 Å². The van der Waals surface area contributed by atoms with Crippen LogP contribution in [0.3, 0.4) is 0 Å². The van der Waals surface area contributed by atoms with Crippen LogP contribution in [0.25, 0.3) is 6.08 Å². The zero-order valence-corrected chi connectivity index (χ0v) is 16.4. The van der Waals surface area contributed by atoms with Gasteiger partial charge in [0.05, 0.1) is 4.90 Å². The summed E-state index contributed by atoms with van der Waals surface area (Å²) in [6.45, 7) is 3.88. The first-order valence-electron chi connectivity index (χ1n) is 8.67. The van der Waals surface area contributed by atoms with Crippen LogP contribution in [0.4, 0.5) is 8.78 Å². The van der Waals surface area contributed by atoms with Crippen LogP contribution in [-0.4, -0.2) is 31.8 Å². The number of carbonyl (C=O) groups excluding carboxylic acids is 1. The Morgan fingerprint density at radius 1 is 1.07 bits per heavy atom. The molecule has 0 bridgehead atoms. The van der Waals surface area contributed by atoms with Crippen molar-refractivity contribution >= 4 is 22.1 Å². The maximum atomic E-state index is 13.5. The highest BCUT2D eigenvalue weighted by molar-refractivity contribution is 7.89. The second-order valence-corrected chi connectivity index (χ2v) is 7.75. The molecule has 0 radical (unpaired) electrons. The van der Waals surface area contributed by atoms with Gasteiger partial charge in [-0.2, -0.15) is 4.31 Å². The second kappa shape index (κ2) is 9.57. The first-order chi connectivity index (χ1) is 13.3. The van der Waals surface area contributed by atoms with Crippen molar-refractivity contribution in [2.75, 3.05) is 13.1 Å². The van der Waals surface area contributed by atoms with E-state index in [0.717, 1.165) is 12.1 Å². The van der Waals surface area contributed by atoms with Gasteiger partial charge in [-0.25, -0.2) is 22.0 Å². The van der Waals surface area contributed by atoms with Crippen LogP contribution in [0.1, 0.15) is 25.0 Å². The van der Waals surface area contributed by atoms with Crippen molar-refractivity contribution in [3.05, 3.63) is 71.3 Å². The molecule has 0 fully saturated rings. The average molecular weight is 409 g/mol. The molecule has 0 saturated heterocycles. The molecular formula is C20H21F2NO4S. The SMILES string of the molecule is CCN(CC)S(=O)(=O)c1ccc(/C=C/C(=O)OCc2cccc(F)c2F)cc1. The van der Waals surface area contributed by atoms with Crippen molar-refractivity contribution in [2.24, 2.45) is 0 Å². The second-order valence-electron chi connectivity index (χ2n) is 5.81. The zero-order valence-electron chi connectivity index (χ0n) is 15.6. The molecular weight excluding hydrogens is 388 g/mol. The molecule has 150 valence electrons. The molecule has 0 aliphatic rings. The number of carbonyl (C=O) groups is 1. The van der Waals surface area contributed by atoms with Crippen LogP contribution >= 0.6 is 0 Å². The van der Waals surface area contributed by atoms with Crippen molar-refractivity contribution in [3.8, 4) is 0 Å². The van der Waals surface area contributed by atoms with Gasteiger partial charge in [-0.3, -0.25) is 0 Å². The summed E-state index contributed by atoms with van der Waals surface area (Å²) in [5.74, 6) is -2.79. The first-order valence-corrected chi connectivity index (χ1v) is 10.1. The predicted molar refractivity (Wildman–Crippen MR) is 102 cm³/mol. The molecule has 0 aromatic heterocycles. The number of esters is 1. The summed E-state index contributed by atoms with van der Waals surface area (Å²) < 4.78 is 57.7. The van der Waals surface area contributed by atoms with Gasteiger partial charge in [0.25, 0.3) is 0 Å². The number of halogens is 2. The summed E-state index contributed by atoms with van der Waals surface area (Å²) in [5.41, 5.74) is 0.528. The Morgan fingerprint density at radius 2 is 1.71 bits per heavy atom. The average Bonchev–Trinajstić information content (AvgIpc) is 2.68. The van der Waals surface area contributed by atoms with Crippen molar-refractivity contribution < 1.29 is 26.7 Å². The Balaban J connectivity index is 2.00. The van der Waals surface area contributed by atoms with E-state index in [2.05, 4.69) is 0 Å².